The lowest BCUT2D eigenvalue weighted by Crippen LogP contribution is -2.42. The van der Waals surface area contributed by atoms with E-state index in [4.69, 9.17) is 0 Å². The van der Waals surface area contributed by atoms with Gasteiger partial charge < -0.3 is 10.2 Å². The van der Waals surface area contributed by atoms with Crippen LogP contribution in [0.4, 0.5) is 5.82 Å². The summed E-state index contributed by atoms with van der Waals surface area (Å²) >= 11 is 0. The Morgan fingerprint density at radius 3 is 2.67 bits per heavy atom. The monoisotopic (exact) mass is 247 g/mol. The largest absolute Gasteiger partial charge is 0.348 e. The standard InChI is InChI=1S/C15H25N3/c1-7-10-18(15(3,4)5)14-11-13(8-9-17-14)12(2)16-6/h7-9,11-12,16H,1,10H2,2-6H3. The summed E-state index contributed by atoms with van der Waals surface area (Å²) in [5.74, 6) is 1.00. The first-order chi connectivity index (χ1) is 8.40. The molecule has 0 aliphatic heterocycles. The quantitative estimate of drug-likeness (QED) is 0.810. The lowest BCUT2D eigenvalue weighted by Gasteiger charge is -2.36. The number of nitrogens with one attached hydrogen (secondary N) is 1. The zero-order valence-corrected chi connectivity index (χ0v) is 12.2. The molecule has 100 valence electrons. The minimum absolute atomic E-state index is 0.0305. The fraction of sp³-hybridized carbons (Fsp3) is 0.533. The number of anilines is 1. The third-order valence-corrected chi connectivity index (χ3v) is 3.10. The van der Waals surface area contributed by atoms with Crippen LogP contribution in [0.2, 0.25) is 0 Å². The molecule has 1 heterocycles. The van der Waals surface area contributed by atoms with E-state index in [-0.39, 0.29) is 5.54 Å². The van der Waals surface area contributed by atoms with Crippen LogP contribution in [-0.4, -0.2) is 24.1 Å². The summed E-state index contributed by atoms with van der Waals surface area (Å²) in [4.78, 5) is 6.75. The summed E-state index contributed by atoms with van der Waals surface area (Å²) in [5.41, 5.74) is 1.28. The van der Waals surface area contributed by atoms with Crippen LogP contribution in [0.5, 0.6) is 0 Å². The average molecular weight is 247 g/mol. The molecule has 0 aliphatic carbocycles. The number of hydrogen-bond donors (Lipinski definition) is 1. The lowest BCUT2D eigenvalue weighted by molar-refractivity contribution is 0.516. The van der Waals surface area contributed by atoms with Crippen LogP contribution in [0.1, 0.15) is 39.3 Å². The summed E-state index contributed by atoms with van der Waals surface area (Å²) < 4.78 is 0. The lowest BCUT2D eigenvalue weighted by atomic mass is 10.0. The van der Waals surface area contributed by atoms with E-state index in [0.29, 0.717) is 6.04 Å². The van der Waals surface area contributed by atoms with Crippen molar-refractivity contribution in [1.29, 1.82) is 0 Å². The maximum atomic E-state index is 4.49. The Morgan fingerprint density at radius 2 is 2.17 bits per heavy atom. The summed E-state index contributed by atoms with van der Waals surface area (Å²) in [7, 11) is 1.97. The van der Waals surface area contributed by atoms with Gasteiger partial charge in [0.1, 0.15) is 5.82 Å². The van der Waals surface area contributed by atoms with Gasteiger partial charge in [-0.05, 0) is 52.4 Å². The van der Waals surface area contributed by atoms with E-state index in [2.05, 4.69) is 61.6 Å². The molecule has 1 unspecified atom stereocenters. The van der Waals surface area contributed by atoms with Gasteiger partial charge in [-0.2, -0.15) is 0 Å². The van der Waals surface area contributed by atoms with Crippen molar-refractivity contribution in [3.8, 4) is 0 Å². The molecule has 0 saturated heterocycles. The van der Waals surface area contributed by atoms with Gasteiger partial charge in [0.15, 0.2) is 0 Å². The van der Waals surface area contributed by atoms with Crippen LogP contribution in [-0.2, 0) is 0 Å². The van der Waals surface area contributed by atoms with E-state index in [1.807, 2.05) is 19.3 Å². The highest BCUT2D eigenvalue weighted by atomic mass is 15.2. The van der Waals surface area contributed by atoms with Crippen molar-refractivity contribution in [2.75, 3.05) is 18.5 Å². The van der Waals surface area contributed by atoms with Gasteiger partial charge in [-0.25, -0.2) is 4.98 Å². The molecule has 0 amide bonds. The maximum absolute atomic E-state index is 4.49. The van der Waals surface area contributed by atoms with Crippen molar-refractivity contribution in [3.63, 3.8) is 0 Å². The molecule has 0 bridgehead atoms. The van der Waals surface area contributed by atoms with Gasteiger partial charge in [-0.3, -0.25) is 0 Å². The Balaban J connectivity index is 3.09. The first-order valence-electron chi connectivity index (χ1n) is 6.42. The number of rotatable bonds is 5. The summed E-state index contributed by atoms with van der Waals surface area (Å²) in [6, 6.07) is 4.53. The van der Waals surface area contributed by atoms with Crippen LogP contribution in [0.3, 0.4) is 0 Å². The van der Waals surface area contributed by atoms with Crippen LogP contribution < -0.4 is 10.2 Å². The Morgan fingerprint density at radius 1 is 1.50 bits per heavy atom. The molecule has 1 atom stereocenters. The van der Waals surface area contributed by atoms with Gasteiger partial charge in [-0.15, -0.1) is 6.58 Å². The topological polar surface area (TPSA) is 28.2 Å². The van der Waals surface area contributed by atoms with Gasteiger partial charge in [0.25, 0.3) is 0 Å². The molecule has 0 spiro atoms. The highest BCUT2D eigenvalue weighted by molar-refractivity contribution is 5.45. The van der Waals surface area contributed by atoms with Crippen molar-refractivity contribution in [3.05, 3.63) is 36.5 Å². The summed E-state index contributed by atoms with van der Waals surface area (Å²) in [6.45, 7) is 13.3. The van der Waals surface area contributed by atoms with Crippen molar-refractivity contribution >= 4 is 5.82 Å². The van der Waals surface area contributed by atoms with Gasteiger partial charge in [0, 0.05) is 24.3 Å². The van der Waals surface area contributed by atoms with E-state index in [1.165, 1.54) is 5.56 Å². The second kappa shape index (κ2) is 6.01. The Bertz CT molecular complexity index is 393. The first kappa shape index (κ1) is 14.7. The van der Waals surface area contributed by atoms with E-state index < -0.39 is 0 Å². The van der Waals surface area contributed by atoms with E-state index in [0.717, 1.165) is 12.4 Å². The summed E-state index contributed by atoms with van der Waals surface area (Å²) in [5, 5.41) is 3.25. The zero-order chi connectivity index (χ0) is 13.8. The molecule has 1 aromatic heterocycles. The normalized spacial score (nSPS) is 13.2. The summed E-state index contributed by atoms with van der Waals surface area (Å²) in [6.07, 6.45) is 3.79. The molecule has 0 aromatic carbocycles. The molecule has 18 heavy (non-hydrogen) atoms. The Hall–Kier alpha value is -1.35. The van der Waals surface area contributed by atoms with Gasteiger partial charge in [0.2, 0.25) is 0 Å². The Labute approximate surface area is 111 Å². The van der Waals surface area contributed by atoms with Crippen LogP contribution in [0.15, 0.2) is 31.0 Å². The minimum Gasteiger partial charge on any atom is -0.348 e. The highest BCUT2D eigenvalue weighted by Crippen LogP contribution is 2.24. The SMILES string of the molecule is C=CCN(c1cc(C(C)NC)ccn1)C(C)(C)C. The minimum atomic E-state index is 0.0305. The van der Waals surface area contributed by atoms with Gasteiger partial charge in [-0.1, -0.05) is 6.08 Å². The number of hydrogen-bond acceptors (Lipinski definition) is 3. The predicted molar refractivity (Wildman–Crippen MR) is 79.0 cm³/mol. The molecule has 0 fully saturated rings. The highest BCUT2D eigenvalue weighted by Gasteiger charge is 2.22. The van der Waals surface area contributed by atoms with Gasteiger partial charge >= 0.3 is 0 Å². The Kier molecular flexibility index (Phi) is 4.91. The molecule has 0 radical (unpaired) electrons. The fourth-order valence-corrected chi connectivity index (χ4v) is 1.86. The molecule has 0 saturated carbocycles. The number of pyridine rings is 1. The average Bonchev–Trinajstić information content (AvgIpc) is 2.33. The van der Waals surface area contributed by atoms with Gasteiger partial charge in [0.05, 0.1) is 0 Å². The molecule has 0 aliphatic rings. The number of nitrogens with zero attached hydrogens (tertiary/aromatic N) is 2. The van der Waals surface area contributed by atoms with Crippen LogP contribution >= 0.6 is 0 Å². The van der Waals surface area contributed by atoms with Crippen LogP contribution in [0.25, 0.3) is 0 Å². The first-order valence-corrected chi connectivity index (χ1v) is 6.42. The van der Waals surface area contributed by atoms with E-state index in [1.54, 1.807) is 0 Å². The third kappa shape index (κ3) is 3.57. The smallest absolute Gasteiger partial charge is 0.129 e. The molecule has 1 aromatic rings. The van der Waals surface area contributed by atoms with Crippen molar-refractivity contribution in [2.24, 2.45) is 0 Å². The van der Waals surface area contributed by atoms with E-state index >= 15 is 0 Å². The van der Waals surface area contributed by atoms with E-state index in [9.17, 15) is 0 Å². The predicted octanol–water partition coefficient (Wildman–Crippen LogP) is 3.15. The maximum Gasteiger partial charge on any atom is 0.129 e. The molecular weight excluding hydrogens is 222 g/mol. The zero-order valence-electron chi connectivity index (χ0n) is 12.2. The second-order valence-electron chi connectivity index (χ2n) is 5.53. The van der Waals surface area contributed by atoms with Crippen molar-refractivity contribution < 1.29 is 0 Å². The second-order valence-corrected chi connectivity index (χ2v) is 5.53. The van der Waals surface area contributed by atoms with Crippen LogP contribution in [0, 0.1) is 0 Å². The molecule has 3 heteroatoms. The molecule has 1 N–H and O–H groups in total. The van der Waals surface area contributed by atoms with Crippen molar-refractivity contribution in [1.82, 2.24) is 10.3 Å². The molecule has 1 rings (SSSR count). The van der Waals surface area contributed by atoms with Crippen molar-refractivity contribution in [2.45, 2.75) is 39.3 Å². The fourth-order valence-electron chi connectivity index (χ4n) is 1.86. The third-order valence-electron chi connectivity index (χ3n) is 3.10. The molecule has 3 nitrogen and oxygen atoms in total. The number of aromatic nitrogens is 1. The molecular formula is C15H25N3.